The third kappa shape index (κ3) is 2.66. The summed E-state index contributed by atoms with van der Waals surface area (Å²) >= 11 is 5.90. The summed E-state index contributed by atoms with van der Waals surface area (Å²) in [6, 6.07) is 0.508. The molecule has 1 heterocycles. The average Bonchev–Trinajstić information content (AvgIpc) is 2.82. The van der Waals surface area contributed by atoms with Crippen LogP contribution in [-0.4, -0.2) is 33.3 Å². The second-order valence-corrected chi connectivity index (χ2v) is 7.05. The lowest BCUT2D eigenvalue weighted by atomic mass is 9.91. The van der Waals surface area contributed by atoms with Crippen molar-refractivity contribution in [2.24, 2.45) is 0 Å². The summed E-state index contributed by atoms with van der Waals surface area (Å²) in [5.74, 6) is -1.04. The molecule has 22 heavy (non-hydrogen) atoms. The number of nitrogens with one attached hydrogen (secondary N) is 1. The number of halogens is 5. The van der Waals surface area contributed by atoms with Crippen molar-refractivity contribution in [3.05, 3.63) is 35.4 Å². The fourth-order valence-corrected chi connectivity index (χ4v) is 3.14. The second kappa shape index (κ2) is 5.07. The Morgan fingerprint density at radius 2 is 2.05 bits per heavy atom. The topological polar surface area (TPSA) is 83.0 Å². The van der Waals surface area contributed by atoms with E-state index < -0.39 is 49.2 Å². The largest absolute Gasteiger partial charge is 0.432 e. The zero-order valence-corrected chi connectivity index (χ0v) is 12.4. The van der Waals surface area contributed by atoms with E-state index in [1.54, 1.807) is 5.10 Å². The fraction of sp³-hybridized carbons (Fsp3) is 0.364. The summed E-state index contributed by atoms with van der Waals surface area (Å²) < 4.78 is 81.5. The predicted molar refractivity (Wildman–Crippen MR) is 70.4 cm³/mol. The molecule has 2 unspecified atom stereocenters. The molecular formula is C11H9ClF4N2O3S. The van der Waals surface area contributed by atoms with Crippen LogP contribution in [0.1, 0.15) is 18.3 Å². The summed E-state index contributed by atoms with van der Waals surface area (Å²) in [5, 5.41) is 3.33. The van der Waals surface area contributed by atoms with Crippen LogP contribution >= 0.6 is 11.6 Å². The Labute approximate surface area is 127 Å². The van der Waals surface area contributed by atoms with Gasteiger partial charge in [-0.2, -0.15) is 26.7 Å². The molecule has 11 heteroatoms. The minimum Gasteiger partial charge on any atom is -0.285 e. The van der Waals surface area contributed by atoms with Crippen LogP contribution in [0, 0.1) is 0 Å². The SMILES string of the molecule is CC1(S(=O)(=O)O)C=CC(F)=C(c2cc(C(F)(F)F)[nH]n2)C1Cl. The highest BCUT2D eigenvalue weighted by Crippen LogP contribution is 2.42. The van der Waals surface area contributed by atoms with Gasteiger partial charge in [0.05, 0.1) is 11.1 Å². The maximum atomic E-state index is 13.9. The van der Waals surface area contributed by atoms with Crippen molar-refractivity contribution in [3.8, 4) is 0 Å². The maximum Gasteiger partial charge on any atom is 0.432 e. The first kappa shape index (κ1) is 17.0. The lowest BCUT2D eigenvalue weighted by molar-refractivity contribution is -0.141. The number of aromatic nitrogens is 2. The van der Waals surface area contributed by atoms with E-state index in [1.165, 1.54) is 0 Å². The van der Waals surface area contributed by atoms with Gasteiger partial charge in [-0.25, -0.2) is 4.39 Å². The van der Waals surface area contributed by atoms with Crippen LogP contribution in [0.3, 0.4) is 0 Å². The number of alkyl halides is 4. The van der Waals surface area contributed by atoms with Crippen molar-refractivity contribution in [3.63, 3.8) is 0 Å². The monoisotopic (exact) mass is 360 g/mol. The van der Waals surface area contributed by atoms with Gasteiger partial charge in [0.2, 0.25) is 0 Å². The van der Waals surface area contributed by atoms with Crippen LogP contribution in [0.4, 0.5) is 17.6 Å². The second-order valence-electron chi connectivity index (χ2n) is 4.78. The van der Waals surface area contributed by atoms with Crippen LogP contribution in [0.15, 0.2) is 24.0 Å². The molecule has 0 bridgehead atoms. The van der Waals surface area contributed by atoms with Crippen molar-refractivity contribution in [1.29, 1.82) is 0 Å². The standard InChI is InChI=1S/C11H9ClF4N2O3S/c1-10(22(19,20)21)3-2-5(13)8(9(10)12)6-4-7(18-17-6)11(14,15)16/h2-4,9H,1H3,(H,17,18)(H,19,20,21). The number of hydrogen-bond donors (Lipinski definition) is 2. The average molecular weight is 361 g/mol. The maximum absolute atomic E-state index is 13.9. The summed E-state index contributed by atoms with van der Waals surface area (Å²) in [6.07, 6.45) is -3.19. The molecule has 0 fully saturated rings. The number of rotatable bonds is 2. The Bertz CT molecular complexity index is 769. The van der Waals surface area contributed by atoms with E-state index in [9.17, 15) is 30.5 Å². The van der Waals surface area contributed by atoms with Gasteiger partial charge >= 0.3 is 6.18 Å². The molecule has 2 N–H and O–H groups in total. The van der Waals surface area contributed by atoms with Gasteiger partial charge in [-0.15, -0.1) is 11.6 Å². The molecule has 0 spiro atoms. The van der Waals surface area contributed by atoms with E-state index in [-0.39, 0.29) is 0 Å². The molecule has 122 valence electrons. The van der Waals surface area contributed by atoms with E-state index in [1.807, 2.05) is 0 Å². The van der Waals surface area contributed by atoms with Crippen molar-refractivity contribution in [2.45, 2.75) is 23.2 Å². The van der Waals surface area contributed by atoms with Gasteiger partial charge in [-0.3, -0.25) is 9.65 Å². The molecule has 0 saturated carbocycles. The molecular weight excluding hydrogens is 352 g/mol. The number of nitrogens with zero attached hydrogens (tertiary/aromatic N) is 1. The highest BCUT2D eigenvalue weighted by molar-refractivity contribution is 7.87. The van der Waals surface area contributed by atoms with E-state index in [0.29, 0.717) is 12.1 Å². The number of hydrogen-bond acceptors (Lipinski definition) is 3. The predicted octanol–water partition coefficient (Wildman–Crippen LogP) is 2.93. The quantitative estimate of drug-likeness (QED) is 0.482. The van der Waals surface area contributed by atoms with Gasteiger partial charge in [0.25, 0.3) is 10.1 Å². The van der Waals surface area contributed by atoms with Gasteiger partial charge in [0.1, 0.15) is 16.3 Å². The summed E-state index contributed by atoms with van der Waals surface area (Å²) in [5.41, 5.74) is -2.30. The molecule has 0 aliphatic heterocycles. The molecule has 1 aromatic heterocycles. The highest BCUT2D eigenvalue weighted by atomic mass is 35.5. The zero-order chi connectivity index (χ0) is 16.9. The minimum atomic E-state index is -4.74. The first-order chi connectivity index (χ1) is 9.88. The molecule has 2 atom stereocenters. The van der Waals surface area contributed by atoms with Crippen molar-refractivity contribution in [1.82, 2.24) is 10.2 Å². The highest BCUT2D eigenvalue weighted by Gasteiger charge is 2.48. The number of H-pyrrole nitrogens is 1. The lowest BCUT2D eigenvalue weighted by Crippen LogP contribution is -2.44. The van der Waals surface area contributed by atoms with Crippen LogP contribution < -0.4 is 0 Å². The third-order valence-electron chi connectivity index (χ3n) is 3.29. The normalized spacial score (nSPS) is 26.6. The van der Waals surface area contributed by atoms with Crippen molar-refractivity contribution < 1.29 is 30.5 Å². The van der Waals surface area contributed by atoms with Crippen LogP contribution in [0.5, 0.6) is 0 Å². The smallest absolute Gasteiger partial charge is 0.285 e. The molecule has 0 saturated heterocycles. The molecule has 5 nitrogen and oxygen atoms in total. The molecule has 1 aliphatic carbocycles. The molecule has 1 aliphatic rings. The minimum absolute atomic E-state index is 0.496. The van der Waals surface area contributed by atoms with E-state index in [2.05, 4.69) is 5.10 Å². The van der Waals surface area contributed by atoms with Gasteiger partial charge in [-0.05, 0) is 19.1 Å². The molecule has 0 radical (unpaired) electrons. The molecule has 1 aromatic rings. The van der Waals surface area contributed by atoms with Crippen molar-refractivity contribution in [2.75, 3.05) is 0 Å². The lowest BCUT2D eigenvalue weighted by Gasteiger charge is -2.31. The van der Waals surface area contributed by atoms with E-state index >= 15 is 0 Å². The van der Waals surface area contributed by atoms with E-state index in [0.717, 1.165) is 13.0 Å². The molecule has 0 amide bonds. The van der Waals surface area contributed by atoms with Crippen LogP contribution in [0.25, 0.3) is 5.57 Å². The Morgan fingerprint density at radius 3 is 2.50 bits per heavy atom. The summed E-state index contributed by atoms with van der Waals surface area (Å²) in [7, 11) is -4.74. The summed E-state index contributed by atoms with van der Waals surface area (Å²) in [4.78, 5) is 0. The van der Waals surface area contributed by atoms with E-state index in [4.69, 9.17) is 11.6 Å². The number of allylic oxidation sites excluding steroid dienone is 3. The van der Waals surface area contributed by atoms with Crippen LogP contribution in [0.2, 0.25) is 0 Å². The molecule has 0 aromatic carbocycles. The zero-order valence-electron chi connectivity index (χ0n) is 10.8. The Hall–Kier alpha value is -1.39. The van der Waals surface area contributed by atoms with Crippen LogP contribution in [-0.2, 0) is 16.3 Å². The molecule has 2 rings (SSSR count). The Kier molecular flexibility index (Phi) is 3.91. The Morgan fingerprint density at radius 1 is 1.45 bits per heavy atom. The van der Waals surface area contributed by atoms with Gasteiger partial charge in [0, 0.05) is 5.57 Å². The van der Waals surface area contributed by atoms with Gasteiger partial charge in [-0.1, -0.05) is 6.08 Å². The van der Waals surface area contributed by atoms with Gasteiger partial charge < -0.3 is 0 Å². The van der Waals surface area contributed by atoms with Crippen molar-refractivity contribution >= 4 is 27.3 Å². The third-order valence-corrected chi connectivity index (χ3v) is 5.57. The number of aromatic amines is 1. The Balaban J connectivity index is 2.55. The van der Waals surface area contributed by atoms with Gasteiger partial charge in [0.15, 0.2) is 0 Å². The first-order valence-electron chi connectivity index (χ1n) is 5.71. The first-order valence-corrected chi connectivity index (χ1v) is 7.58. The fourth-order valence-electron chi connectivity index (χ4n) is 1.89. The summed E-state index contributed by atoms with van der Waals surface area (Å²) in [6.45, 7) is 1.01.